The summed E-state index contributed by atoms with van der Waals surface area (Å²) in [6, 6.07) is 5.90. The minimum absolute atomic E-state index is 0.0607. The average Bonchev–Trinajstić information content (AvgIpc) is 2.35. The van der Waals surface area contributed by atoms with Gasteiger partial charge in [0.05, 0.1) is 16.7 Å². The van der Waals surface area contributed by atoms with Crippen LogP contribution in [-0.4, -0.2) is 31.2 Å². The highest BCUT2D eigenvalue weighted by molar-refractivity contribution is 7.89. The maximum atomic E-state index is 12.0. The zero-order valence-electron chi connectivity index (χ0n) is 10.2. The van der Waals surface area contributed by atoms with Crippen molar-refractivity contribution in [2.75, 3.05) is 18.6 Å². The summed E-state index contributed by atoms with van der Waals surface area (Å²) in [5.41, 5.74) is 0.222. The van der Waals surface area contributed by atoms with E-state index in [9.17, 15) is 12.6 Å². The van der Waals surface area contributed by atoms with Gasteiger partial charge in [-0.2, -0.15) is 5.26 Å². The van der Waals surface area contributed by atoms with E-state index in [1.807, 2.05) is 6.07 Å². The molecule has 104 valence electrons. The van der Waals surface area contributed by atoms with Gasteiger partial charge in [-0.3, -0.25) is 4.21 Å². The quantitative estimate of drug-likeness (QED) is 0.799. The molecule has 19 heavy (non-hydrogen) atoms. The standard InChI is InChI=1S/C11H13ClN2O3S2/c1-18(15)6-2-5-14-19(16,17)11-7-9(8-13)3-4-10(11)12/h3-4,7,14H,2,5-6H2,1H3. The van der Waals surface area contributed by atoms with Crippen molar-refractivity contribution in [2.45, 2.75) is 11.3 Å². The third kappa shape index (κ3) is 4.91. The molecule has 0 aliphatic heterocycles. The Labute approximate surface area is 120 Å². The Hall–Kier alpha value is -0.940. The van der Waals surface area contributed by atoms with Crippen LogP contribution in [0, 0.1) is 11.3 Å². The fourth-order valence-electron chi connectivity index (χ4n) is 1.34. The largest absolute Gasteiger partial charge is 0.260 e. The van der Waals surface area contributed by atoms with Crippen LogP contribution in [0.25, 0.3) is 0 Å². The summed E-state index contributed by atoms with van der Waals surface area (Å²) < 4.78 is 37.2. The number of hydrogen-bond donors (Lipinski definition) is 1. The number of nitrogens with zero attached hydrogens (tertiary/aromatic N) is 1. The normalized spacial score (nSPS) is 12.9. The summed E-state index contributed by atoms with van der Waals surface area (Å²) in [7, 11) is -4.71. The maximum Gasteiger partial charge on any atom is 0.242 e. The van der Waals surface area contributed by atoms with E-state index in [1.165, 1.54) is 18.2 Å². The molecule has 1 N–H and O–H groups in total. The molecule has 1 unspecified atom stereocenters. The van der Waals surface area contributed by atoms with Gasteiger partial charge in [-0.15, -0.1) is 0 Å². The fraction of sp³-hybridized carbons (Fsp3) is 0.364. The van der Waals surface area contributed by atoms with Gasteiger partial charge in [-0.05, 0) is 24.6 Å². The Morgan fingerprint density at radius 3 is 2.74 bits per heavy atom. The molecule has 0 amide bonds. The molecule has 1 aromatic rings. The predicted molar refractivity (Wildman–Crippen MR) is 74.9 cm³/mol. The minimum atomic E-state index is -3.75. The number of nitriles is 1. The first-order valence-corrected chi connectivity index (χ1v) is 8.95. The highest BCUT2D eigenvalue weighted by Crippen LogP contribution is 2.22. The van der Waals surface area contributed by atoms with Crippen LogP contribution in [0.15, 0.2) is 23.1 Å². The number of sulfonamides is 1. The molecular formula is C11H13ClN2O3S2. The van der Waals surface area contributed by atoms with Crippen LogP contribution in [0.3, 0.4) is 0 Å². The van der Waals surface area contributed by atoms with Crippen LogP contribution < -0.4 is 4.72 Å². The topological polar surface area (TPSA) is 87.0 Å². The van der Waals surface area contributed by atoms with Gasteiger partial charge >= 0.3 is 0 Å². The van der Waals surface area contributed by atoms with Crippen LogP contribution in [-0.2, 0) is 20.8 Å². The second-order valence-corrected chi connectivity index (χ2v) is 7.48. The van der Waals surface area contributed by atoms with Crippen LogP contribution in [0.5, 0.6) is 0 Å². The second-order valence-electron chi connectivity index (χ2n) is 3.79. The van der Waals surface area contributed by atoms with Crippen molar-refractivity contribution in [2.24, 2.45) is 0 Å². The molecule has 0 saturated heterocycles. The number of benzene rings is 1. The smallest absolute Gasteiger partial charge is 0.242 e. The lowest BCUT2D eigenvalue weighted by Gasteiger charge is -2.08. The lowest BCUT2D eigenvalue weighted by molar-refractivity contribution is 0.580. The van der Waals surface area contributed by atoms with Crippen LogP contribution in [0.4, 0.5) is 0 Å². The van der Waals surface area contributed by atoms with E-state index in [0.717, 1.165) is 0 Å². The summed E-state index contributed by atoms with van der Waals surface area (Å²) >= 11 is 5.82. The van der Waals surface area contributed by atoms with Crippen LogP contribution >= 0.6 is 11.6 Å². The lowest BCUT2D eigenvalue weighted by Crippen LogP contribution is -2.26. The number of nitrogens with one attached hydrogen (secondary N) is 1. The molecule has 5 nitrogen and oxygen atoms in total. The van der Waals surface area contributed by atoms with Gasteiger partial charge in [0.1, 0.15) is 4.90 Å². The summed E-state index contributed by atoms with van der Waals surface area (Å²) in [5, 5.41) is 8.81. The van der Waals surface area contributed by atoms with Gasteiger partial charge in [-0.25, -0.2) is 13.1 Å². The molecule has 0 saturated carbocycles. The molecule has 0 aliphatic carbocycles. The maximum absolute atomic E-state index is 12.0. The minimum Gasteiger partial charge on any atom is -0.260 e. The Morgan fingerprint density at radius 1 is 1.47 bits per heavy atom. The number of hydrogen-bond acceptors (Lipinski definition) is 4. The van der Waals surface area contributed by atoms with Gasteiger partial charge in [0, 0.05) is 29.4 Å². The molecule has 0 radical (unpaired) electrons. The molecule has 1 atom stereocenters. The van der Waals surface area contributed by atoms with Gasteiger partial charge in [-0.1, -0.05) is 11.6 Å². The molecule has 0 spiro atoms. The zero-order valence-corrected chi connectivity index (χ0v) is 12.6. The zero-order chi connectivity index (χ0) is 14.5. The highest BCUT2D eigenvalue weighted by Gasteiger charge is 2.17. The Kier molecular flexibility index (Phi) is 5.94. The first-order valence-electron chi connectivity index (χ1n) is 5.36. The van der Waals surface area contributed by atoms with Crippen molar-refractivity contribution in [3.63, 3.8) is 0 Å². The van der Waals surface area contributed by atoms with Crippen molar-refractivity contribution < 1.29 is 12.6 Å². The third-order valence-corrected chi connectivity index (χ3v) is 5.06. The Balaban J connectivity index is 2.83. The van der Waals surface area contributed by atoms with Gasteiger partial charge in [0.15, 0.2) is 0 Å². The fourth-order valence-corrected chi connectivity index (χ4v) is 3.49. The van der Waals surface area contributed by atoms with E-state index < -0.39 is 20.8 Å². The van der Waals surface area contributed by atoms with Gasteiger partial charge in [0.25, 0.3) is 0 Å². The van der Waals surface area contributed by atoms with Crippen molar-refractivity contribution in [1.82, 2.24) is 4.72 Å². The first-order chi connectivity index (χ1) is 8.86. The monoisotopic (exact) mass is 320 g/mol. The SMILES string of the molecule is CS(=O)CCCNS(=O)(=O)c1cc(C#N)ccc1Cl. The molecule has 1 rings (SSSR count). The summed E-state index contributed by atoms with van der Waals surface area (Å²) in [5.74, 6) is 0.425. The van der Waals surface area contributed by atoms with Gasteiger partial charge in [0.2, 0.25) is 10.0 Å². The predicted octanol–water partition coefficient (Wildman–Crippen LogP) is 1.26. The van der Waals surface area contributed by atoms with E-state index in [0.29, 0.717) is 12.2 Å². The number of halogens is 1. The van der Waals surface area contributed by atoms with Gasteiger partial charge < -0.3 is 0 Å². The van der Waals surface area contributed by atoms with E-state index in [-0.39, 0.29) is 22.0 Å². The number of rotatable bonds is 6. The van der Waals surface area contributed by atoms with Crippen molar-refractivity contribution in [3.8, 4) is 6.07 Å². The Morgan fingerprint density at radius 2 is 2.16 bits per heavy atom. The van der Waals surface area contributed by atoms with Crippen molar-refractivity contribution in [3.05, 3.63) is 28.8 Å². The molecule has 0 aromatic heterocycles. The second kappa shape index (κ2) is 7.01. The average molecular weight is 321 g/mol. The Bertz CT molecular complexity index is 623. The molecule has 1 aromatic carbocycles. The van der Waals surface area contributed by atoms with E-state index >= 15 is 0 Å². The van der Waals surface area contributed by atoms with E-state index in [4.69, 9.17) is 16.9 Å². The van der Waals surface area contributed by atoms with Crippen LogP contribution in [0.2, 0.25) is 5.02 Å². The first kappa shape index (κ1) is 16.1. The molecule has 0 heterocycles. The van der Waals surface area contributed by atoms with E-state index in [1.54, 1.807) is 6.26 Å². The van der Waals surface area contributed by atoms with Crippen LogP contribution in [0.1, 0.15) is 12.0 Å². The van der Waals surface area contributed by atoms with Crippen molar-refractivity contribution in [1.29, 1.82) is 5.26 Å². The molecular weight excluding hydrogens is 308 g/mol. The summed E-state index contributed by atoms with van der Waals surface area (Å²) in [6.07, 6.45) is 2.03. The van der Waals surface area contributed by atoms with Crippen molar-refractivity contribution >= 4 is 32.4 Å². The molecule has 8 heteroatoms. The summed E-state index contributed by atoms with van der Waals surface area (Å²) in [6.45, 7) is 0.176. The molecule has 0 aliphatic rings. The van der Waals surface area contributed by atoms with E-state index in [2.05, 4.69) is 4.72 Å². The third-order valence-electron chi connectivity index (χ3n) is 2.25. The lowest BCUT2D eigenvalue weighted by atomic mass is 10.2. The summed E-state index contributed by atoms with van der Waals surface area (Å²) in [4.78, 5) is -0.120. The molecule has 0 fully saturated rings. The highest BCUT2D eigenvalue weighted by atomic mass is 35.5. The molecule has 0 bridgehead atoms.